The molecule has 1 aliphatic rings. The second-order valence-corrected chi connectivity index (χ2v) is 4.67. The number of ether oxygens (including phenoxy) is 1. The van der Waals surface area contributed by atoms with Gasteiger partial charge in [0.15, 0.2) is 0 Å². The minimum Gasteiger partial charge on any atom is -0.454 e. The van der Waals surface area contributed by atoms with Crippen molar-refractivity contribution in [1.82, 2.24) is 0 Å². The van der Waals surface area contributed by atoms with Gasteiger partial charge in [-0.05, 0) is 18.6 Å². The maximum Gasteiger partial charge on any atom is 0.339 e. The number of aryl methyl sites for hydroxylation is 1. The van der Waals surface area contributed by atoms with Gasteiger partial charge < -0.3 is 4.74 Å². The summed E-state index contributed by atoms with van der Waals surface area (Å²) in [6.07, 6.45) is 0.597. The van der Waals surface area contributed by atoms with Crippen molar-refractivity contribution < 1.29 is 9.53 Å². The number of hydrogen-bond acceptors (Lipinski definition) is 2. The van der Waals surface area contributed by atoms with Gasteiger partial charge in [0.05, 0.1) is 5.56 Å². The van der Waals surface area contributed by atoms with Crippen LogP contribution in [0.3, 0.4) is 0 Å². The third-order valence-corrected chi connectivity index (χ3v) is 3.28. The van der Waals surface area contributed by atoms with Gasteiger partial charge >= 0.3 is 5.97 Å². The Morgan fingerprint density at radius 3 is 2.68 bits per heavy atom. The topological polar surface area (TPSA) is 26.3 Å². The second kappa shape index (κ2) is 5.45. The number of esters is 1. The Morgan fingerprint density at radius 1 is 1.11 bits per heavy atom. The van der Waals surface area contributed by atoms with Crippen LogP contribution in [-0.4, -0.2) is 5.97 Å². The lowest BCUT2D eigenvalue weighted by atomic mass is 9.99. The fourth-order valence-corrected chi connectivity index (χ4v) is 2.42. The summed E-state index contributed by atoms with van der Waals surface area (Å²) in [6, 6.07) is 15.9. The Balaban J connectivity index is 0.00000133. The number of halogens is 1. The molecule has 0 saturated heterocycles. The van der Waals surface area contributed by atoms with Gasteiger partial charge in [-0.1, -0.05) is 48.0 Å². The van der Waals surface area contributed by atoms with Crippen LogP contribution in [0, 0.1) is 6.92 Å². The van der Waals surface area contributed by atoms with Crippen molar-refractivity contribution in [3.63, 3.8) is 0 Å². The molecule has 98 valence electrons. The molecule has 0 saturated carbocycles. The van der Waals surface area contributed by atoms with Crippen LogP contribution in [0.1, 0.15) is 33.2 Å². The van der Waals surface area contributed by atoms with Crippen LogP contribution >= 0.6 is 12.4 Å². The van der Waals surface area contributed by atoms with E-state index in [0.29, 0.717) is 5.56 Å². The zero-order valence-corrected chi connectivity index (χ0v) is 11.4. The summed E-state index contributed by atoms with van der Waals surface area (Å²) in [7, 11) is 0. The molecule has 0 amide bonds. The SMILES string of the molecule is Cc1cccc(CC2OC(=O)c3ccccc32)c1.Cl. The lowest BCUT2D eigenvalue weighted by Gasteiger charge is -2.11. The fraction of sp³-hybridized carbons (Fsp3) is 0.188. The van der Waals surface area contributed by atoms with Crippen molar-refractivity contribution in [2.24, 2.45) is 0 Å². The Bertz CT molecular complexity index is 607. The molecule has 3 rings (SSSR count). The molecule has 0 spiro atoms. The molecule has 0 fully saturated rings. The minimum atomic E-state index is -0.205. The molecule has 1 unspecified atom stereocenters. The third kappa shape index (κ3) is 2.64. The van der Waals surface area contributed by atoms with E-state index in [1.807, 2.05) is 30.3 Å². The van der Waals surface area contributed by atoms with Gasteiger partial charge in [0, 0.05) is 12.0 Å². The average molecular weight is 275 g/mol. The predicted octanol–water partition coefficient (Wildman–Crippen LogP) is 3.87. The van der Waals surface area contributed by atoms with Gasteiger partial charge in [-0.2, -0.15) is 0 Å². The lowest BCUT2D eigenvalue weighted by Crippen LogP contribution is -2.02. The minimum absolute atomic E-state index is 0. The zero-order chi connectivity index (χ0) is 12.5. The van der Waals surface area contributed by atoms with Crippen LogP contribution in [0.25, 0.3) is 0 Å². The van der Waals surface area contributed by atoms with Crippen molar-refractivity contribution in [3.8, 4) is 0 Å². The number of carbonyl (C=O) groups is 1. The van der Waals surface area contributed by atoms with Gasteiger partial charge in [0.1, 0.15) is 6.10 Å². The summed E-state index contributed by atoms with van der Waals surface area (Å²) >= 11 is 0. The molecule has 0 aromatic heterocycles. The van der Waals surface area contributed by atoms with Gasteiger partial charge in [-0.25, -0.2) is 4.79 Å². The molecule has 2 aromatic carbocycles. The van der Waals surface area contributed by atoms with Crippen molar-refractivity contribution in [1.29, 1.82) is 0 Å². The number of hydrogen-bond donors (Lipinski definition) is 0. The first-order valence-electron chi connectivity index (χ1n) is 6.09. The molecule has 0 bridgehead atoms. The number of cyclic esters (lactones) is 1. The van der Waals surface area contributed by atoms with E-state index < -0.39 is 0 Å². The summed E-state index contributed by atoms with van der Waals surface area (Å²) in [6.45, 7) is 2.07. The molecule has 2 nitrogen and oxygen atoms in total. The van der Waals surface area contributed by atoms with Gasteiger partial charge in [0.2, 0.25) is 0 Å². The van der Waals surface area contributed by atoms with Crippen LogP contribution < -0.4 is 0 Å². The number of benzene rings is 2. The highest BCUT2D eigenvalue weighted by Crippen LogP contribution is 2.32. The van der Waals surface area contributed by atoms with Gasteiger partial charge in [-0.15, -0.1) is 12.4 Å². The summed E-state index contributed by atoms with van der Waals surface area (Å²) in [5.74, 6) is -0.205. The maximum absolute atomic E-state index is 11.7. The van der Waals surface area contributed by atoms with Crippen LogP contribution in [0.5, 0.6) is 0 Å². The summed E-state index contributed by atoms with van der Waals surface area (Å²) in [4.78, 5) is 11.7. The standard InChI is InChI=1S/C16H14O2.ClH/c1-11-5-4-6-12(9-11)10-15-13-7-2-3-8-14(13)16(17)18-15;/h2-9,15H,10H2,1H3;1H. The van der Waals surface area contributed by atoms with Crippen molar-refractivity contribution >= 4 is 18.4 Å². The first kappa shape index (κ1) is 13.6. The number of fused-ring (bicyclic) bond motifs is 1. The number of carbonyl (C=O) groups excluding carboxylic acids is 1. The smallest absolute Gasteiger partial charge is 0.339 e. The normalized spacial score (nSPS) is 16.5. The van der Waals surface area contributed by atoms with Gasteiger partial charge in [0.25, 0.3) is 0 Å². The van der Waals surface area contributed by atoms with E-state index >= 15 is 0 Å². The summed E-state index contributed by atoms with van der Waals surface area (Å²) in [5, 5.41) is 0. The molecule has 1 heterocycles. The maximum atomic E-state index is 11.7. The highest BCUT2D eigenvalue weighted by Gasteiger charge is 2.30. The first-order valence-corrected chi connectivity index (χ1v) is 6.09. The Hall–Kier alpha value is -1.80. The molecule has 0 radical (unpaired) electrons. The van der Waals surface area contributed by atoms with Crippen LogP contribution in [-0.2, 0) is 11.2 Å². The first-order chi connectivity index (χ1) is 8.74. The molecular formula is C16H15ClO2. The Labute approximate surface area is 118 Å². The predicted molar refractivity (Wildman–Crippen MR) is 76.7 cm³/mol. The van der Waals surface area contributed by atoms with E-state index in [2.05, 4.69) is 25.1 Å². The summed E-state index contributed by atoms with van der Waals surface area (Å²) in [5.41, 5.74) is 4.13. The van der Waals surface area contributed by atoms with Crippen molar-refractivity contribution in [2.45, 2.75) is 19.4 Å². The average Bonchev–Trinajstić information content (AvgIpc) is 2.67. The Kier molecular flexibility index (Phi) is 3.91. The van der Waals surface area contributed by atoms with E-state index in [9.17, 15) is 4.79 Å². The zero-order valence-electron chi connectivity index (χ0n) is 10.6. The Morgan fingerprint density at radius 2 is 1.89 bits per heavy atom. The van der Waals surface area contributed by atoms with E-state index in [1.165, 1.54) is 11.1 Å². The van der Waals surface area contributed by atoms with E-state index in [4.69, 9.17) is 4.74 Å². The van der Waals surface area contributed by atoms with Crippen molar-refractivity contribution in [2.75, 3.05) is 0 Å². The second-order valence-electron chi connectivity index (χ2n) is 4.67. The molecule has 2 aromatic rings. The molecule has 1 atom stereocenters. The lowest BCUT2D eigenvalue weighted by molar-refractivity contribution is 0.0387. The molecule has 0 aliphatic carbocycles. The highest BCUT2D eigenvalue weighted by molar-refractivity contribution is 5.94. The van der Waals surface area contributed by atoms with E-state index in [-0.39, 0.29) is 24.5 Å². The fourth-order valence-electron chi connectivity index (χ4n) is 2.42. The number of rotatable bonds is 2. The summed E-state index contributed by atoms with van der Waals surface area (Å²) < 4.78 is 5.44. The molecule has 1 aliphatic heterocycles. The monoisotopic (exact) mass is 274 g/mol. The van der Waals surface area contributed by atoms with Crippen molar-refractivity contribution in [3.05, 3.63) is 70.8 Å². The van der Waals surface area contributed by atoms with Crippen LogP contribution in [0.4, 0.5) is 0 Å². The molecule has 19 heavy (non-hydrogen) atoms. The van der Waals surface area contributed by atoms with E-state index in [1.54, 1.807) is 0 Å². The van der Waals surface area contributed by atoms with Gasteiger partial charge in [-0.3, -0.25) is 0 Å². The van der Waals surface area contributed by atoms with E-state index in [0.717, 1.165) is 12.0 Å². The van der Waals surface area contributed by atoms with Crippen LogP contribution in [0.15, 0.2) is 48.5 Å². The quantitative estimate of drug-likeness (QED) is 0.777. The highest BCUT2D eigenvalue weighted by atomic mass is 35.5. The molecule has 0 N–H and O–H groups in total. The van der Waals surface area contributed by atoms with Crippen LogP contribution in [0.2, 0.25) is 0 Å². The molecule has 3 heteroatoms. The third-order valence-electron chi connectivity index (χ3n) is 3.28. The molecular weight excluding hydrogens is 260 g/mol. The largest absolute Gasteiger partial charge is 0.454 e.